The van der Waals surface area contributed by atoms with Crippen molar-refractivity contribution in [2.24, 2.45) is 0 Å². The Labute approximate surface area is 132 Å². The van der Waals surface area contributed by atoms with Gasteiger partial charge < -0.3 is 9.80 Å². The van der Waals surface area contributed by atoms with Crippen LogP contribution in [0.25, 0.3) is 11.2 Å². The van der Waals surface area contributed by atoms with E-state index < -0.39 is 0 Å². The van der Waals surface area contributed by atoms with Gasteiger partial charge in [-0.25, -0.2) is 15.0 Å². The van der Waals surface area contributed by atoms with Crippen molar-refractivity contribution >= 4 is 33.5 Å². The van der Waals surface area contributed by atoms with E-state index in [0.29, 0.717) is 5.65 Å². The summed E-state index contributed by atoms with van der Waals surface area (Å²) in [6.45, 7) is 1.79. The molecule has 3 aromatic rings. The fourth-order valence-corrected chi connectivity index (χ4v) is 3.63. The number of hydrogen-bond acceptors (Lipinski definition) is 7. The summed E-state index contributed by atoms with van der Waals surface area (Å²) in [5.41, 5.74) is 2.76. The fraction of sp³-hybridized carbons (Fsp3) is 0.333. The number of hydrogen-bond donors (Lipinski definition) is 0. The zero-order valence-corrected chi connectivity index (χ0v) is 13.3. The molecule has 1 aliphatic heterocycles. The van der Waals surface area contributed by atoms with Crippen LogP contribution < -0.4 is 9.80 Å². The smallest absolute Gasteiger partial charge is 0.185 e. The molecule has 0 saturated heterocycles. The molecule has 0 aromatic carbocycles. The first-order chi connectivity index (χ1) is 10.7. The van der Waals surface area contributed by atoms with Gasteiger partial charge in [-0.1, -0.05) is 11.3 Å². The quantitative estimate of drug-likeness (QED) is 0.722. The van der Waals surface area contributed by atoms with Crippen LogP contribution in [-0.4, -0.2) is 40.6 Å². The van der Waals surface area contributed by atoms with Crippen molar-refractivity contribution < 1.29 is 0 Å². The zero-order valence-electron chi connectivity index (χ0n) is 12.5. The Bertz CT molecular complexity index is 828. The van der Waals surface area contributed by atoms with Crippen molar-refractivity contribution in [3.63, 3.8) is 0 Å². The lowest BCUT2D eigenvalue weighted by atomic mass is 10.2. The van der Waals surface area contributed by atoms with Crippen LogP contribution in [0.1, 0.15) is 10.6 Å². The molecule has 0 aliphatic carbocycles. The van der Waals surface area contributed by atoms with Crippen molar-refractivity contribution in [3.05, 3.63) is 35.1 Å². The summed E-state index contributed by atoms with van der Waals surface area (Å²) in [5, 5.41) is 1.07. The number of anilines is 2. The van der Waals surface area contributed by atoms with Gasteiger partial charge >= 0.3 is 0 Å². The SMILES string of the molecule is CN(C)c1nc2c(s1)CN(c1ccc3nccnc3n1)CC2. The van der Waals surface area contributed by atoms with Crippen LogP contribution in [0.4, 0.5) is 10.9 Å². The molecule has 0 amide bonds. The van der Waals surface area contributed by atoms with E-state index in [2.05, 4.69) is 24.8 Å². The summed E-state index contributed by atoms with van der Waals surface area (Å²) in [6, 6.07) is 4.01. The molecule has 4 rings (SSSR count). The van der Waals surface area contributed by atoms with E-state index in [0.717, 1.165) is 36.0 Å². The highest BCUT2D eigenvalue weighted by molar-refractivity contribution is 7.15. The van der Waals surface area contributed by atoms with E-state index in [1.165, 1.54) is 10.6 Å². The second kappa shape index (κ2) is 5.17. The number of aromatic nitrogens is 4. The van der Waals surface area contributed by atoms with E-state index in [9.17, 15) is 0 Å². The Hall–Kier alpha value is -2.28. The summed E-state index contributed by atoms with van der Waals surface area (Å²) >= 11 is 1.76. The highest BCUT2D eigenvalue weighted by Crippen LogP contribution is 2.31. The van der Waals surface area contributed by atoms with Crippen LogP contribution in [-0.2, 0) is 13.0 Å². The molecule has 112 valence electrons. The van der Waals surface area contributed by atoms with Crippen molar-refractivity contribution in [2.45, 2.75) is 13.0 Å². The number of pyridine rings is 1. The predicted molar refractivity (Wildman–Crippen MR) is 88.5 cm³/mol. The zero-order chi connectivity index (χ0) is 15.1. The molecule has 0 radical (unpaired) electrons. The van der Waals surface area contributed by atoms with Crippen LogP contribution in [0.5, 0.6) is 0 Å². The van der Waals surface area contributed by atoms with Crippen molar-refractivity contribution in [1.29, 1.82) is 0 Å². The molecule has 6 nitrogen and oxygen atoms in total. The van der Waals surface area contributed by atoms with E-state index in [4.69, 9.17) is 4.98 Å². The first kappa shape index (κ1) is 13.4. The molecule has 7 heteroatoms. The van der Waals surface area contributed by atoms with Gasteiger partial charge in [0.25, 0.3) is 0 Å². The first-order valence-corrected chi connectivity index (χ1v) is 8.01. The lowest BCUT2D eigenvalue weighted by Gasteiger charge is -2.27. The third-order valence-electron chi connectivity index (χ3n) is 3.74. The number of thiazole rings is 1. The molecule has 0 N–H and O–H groups in total. The average molecular weight is 312 g/mol. The third kappa shape index (κ3) is 2.27. The Morgan fingerprint density at radius 3 is 2.86 bits per heavy atom. The van der Waals surface area contributed by atoms with E-state index in [1.807, 2.05) is 26.2 Å². The Balaban J connectivity index is 1.65. The maximum atomic E-state index is 4.70. The minimum absolute atomic E-state index is 0.698. The summed E-state index contributed by atoms with van der Waals surface area (Å²) in [4.78, 5) is 23.6. The Morgan fingerprint density at radius 2 is 2.00 bits per heavy atom. The Morgan fingerprint density at radius 1 is 1.14 bits per heavy atom. The molecule has 0 atom stereocenters. The maximum absolute atomic E-state index is 4.70. The molecule has 0 saturated carbocycles. The summed E-state index contributed by atoms with van der Waals surface area (Å²) in [5.74, 6) is 0.957. The van der Waals surface area contributed by atoms with Gasteiger partial charge in [0.1, 0.15) is 11.3 Å². The molecule has 4 heterocycles. The van der Waals surface area contributed by atoms with E-state index in [-0.39, 0.29) is 0 Å². The topological polar surface area (TPSA) is 58.0 Å². The first-order valence-electron chi connectivity index (χ1n) is 7.19. The maximum Gasteiger partial charge on any atom is 0.185 e. The second-order valence-electron chi connectivity index (χ2n) is 5.50. The highest BCUT2D eigenvalue weighted by Gasteiger charge is 2.22. The molecule has 0 fully saturated rings. The largest absolute Gasteiger partial charge is 0.354 e. The molecule has 0 bridgehead atoms. The van der Waals surface area contributed by atoms with Gasteiger partial charge in [0, 0.05) is 44.3 Å². The molecule has 0 unspecified atom stereocenters. The van der Waals surface area contributed by atoms with Gasteiger partial charge in [0.15, 0.2) is 10.8 Å². The van der Waals surface area contributed by atoms with Crippen molar-refractivity contribution in [2.75, 3.05) is 30.4 Å². The summed E-state index contributed by atoms with van der Waals surface area (Å²) in [6.07, 6.45) is 4.33. The Kier molecular flexibility index (Phi) is 3.15. The summed E-state index contributed by atoms with van der Waals surface area (Å²) < 4.78 is 0. The number of rotatable bonds is 2. The molecule has 22 heavy (non-hydrogen) atoms. The van der Waals surface area contributed by atoms with Crippen LogP contribution in [0.2, 0.25) is 0 Å². The molecule has 0 spiro atoms. The van der Waals surface area contributed by atoms with Crippen molar-refractivity contribution in [1.82, 2.24) is 19.9 Å². The van der Waals surface area contributed by atoms with Crippen LogP contribution >= 0.6 is 11.3 Å². The van der Waals surface area contributed by atoms with Crippen LogP contribution in [0.3, 0.4) is 0 Å². The molecular weight excluding hydrogens is 296 g/mol. The van der Waals surface area contributed by atoms with E-state index in [1.54, 1.807) is 23.7 Å². The van der Waals surface area contributed by atoms with Gasteiger partial charge in [-0.05, 0) is 12.1 Å². The van der Waals surface area contributed by atoms with Gasteiger partial charge in [0.05, 0.1) is 12.2 Å². The molecule has 3 aromatic heterocycles. The second-order valence-corrected chi connectivity index (χ2v) is 6.56. The lowest BCUT2D eigenvalue weighted by Crippen LogP contribution is -2.30. The minimum atomic E-state index is 0.698. The number of fused-ring (bicyclic) bond motifs is 2. The monoisotopic (exact) mass is 312 g/mol. The normalized spacial score (nSPS) is 14.2. The third-order valence-corrected chi connectivity index (χ3v) is 4.99. The fourth-order valence-electron chi connectivity index (χ4n) is 2.59. The lowest BCUT2D eigenvalue weighted by molar-refractivity contribution is 0.719. The van der Waals surface area contributed by atoms with Crippen LogP contribution in [0.15, 0.2) is 24.5 Å². The van der Waals surface area contributed by atoms with Gasteiger partial charge in [0.2, 0.25) is 0 Å². The minimum Gasteiger partial charge on any atom is -0.354 e. The average Bonchev–Trinajstić information content (AvgIpc) is 2.98. The highest BCUT2D eigenvalue weighted by atomic mass is 32.1. The van der Waals surface area contributed by atoms with E-state index >= 15 is 0 Å². The number of nitrogens with zero attached hydrogens (tertiary/aromatic N) is 6. The van der Waals surface area contributed by atoms with Crippen molar-refractivity contribution in [3.8, 4) is 0 Å². The van der Waals surface area contributed by atoms with Gasteiger partial charge in [-0.3, -0.25) is 4.98 Å². The van der Waals surface area contributed by atoms with Gasteiger partial charge in [-0.15, -0.1) is 0 Å². The standard InChI is InChI=1S/C15H16N6S/c1-20(2)15-18-10-5-8-21(9-12(10)22-15)13-4-3-11-14(19-13)17-7-6-16-11/h3-4,6-7H,5,8-9H2,1-2H3. The summed E-state index contributed by atoms with van der Waals surface area (Å²) in [7, 11) is 4.07. The molecular formula is C15H16N6S. The van der Waals surface area contributed by atoms with Gasteiger partial charge in [-0.2, -0.15) is 0 Å². The molecule has 1 aliphatic rings. The predicted octanol–water partition coefficient (Wildman–Crippen LogP) is 2.11. The van der Waals surface area contributed by atoms with Crippen LogP contribution in [0, 0.1) is 0 Å².